The Hall–Kier alpha value is -1.90. The first-order valence-electron chi connectivity index (χ1n) is 4.85. The second-order valence-corrected chi connectivity index (χ2v) is 3.38. The molecule has 3 nitrogen and oxygen atoms in total. The Bertz CT molecular complexity index is 393. The van der Waals surface area contributed by atoms with Crippen LogP contribution in [0.2, 0.25) is 0 Å². The number of benzene rings is 1. The van der Waals surface area contributed by atoms with Gasteiger partial charge in [-0.05, 0) is 11.6 Å². The van der Waals surface area contributed by atoms with Crippen LogP contribution in [0.5, 0.6) is 0 Å². The van der Waals surface area contributed by atoms with Gasteiger partial charge in [0.1, 0.15) is 0 Å². The molecule has 0 atom stereocenters. The van der Waals surface area contributed by atoms with Crippen molar-refractivity contribution in [1.29, 1.82) is 0 Å². The fraction of sp³-hybridized carbons (Fsp3) is 0.167. The normalized spacial score (nSPS) is 16.7. The highest BCUT2D eigenvalue weighted by molar-refractivity contribution is 6.03. The second-order valence-electron chi connectivity index (χ2n) is 3.38. The largest absolute Gasteiger partial charge is 0.274 e. The maximum absolute atomic E-state index is 11.3. The fourth-order valence-electron chi connectivity index (χ4n) is 1.48. The van der Waals surface area contributed by atoms with E-state index in [4.69, 9.17) is 0 Å². The van der Waals surface area contributed by atoms with E-state index in [0.717, 1.165) is 5.56 Å². The number of rotatable bonds is 2. The van der Waals surface area contributed by atoms with Gasteiger partial charge in [0.25, 0.3) is 0 Å². The third kappa shape index (κ3) is 2.13. The molecule has 1 aromatic rings. The third-order valence-electron chi connectivity index (χ3n) is 2.31. The van der Waals surface area contributed by atoms with Crippen molar-refractivity contribution in [3.05, 3.63) is 42.1 Å². The van der Waals surface area contributed by atoms with E-state index in [2.05, 4.69) is 0 Å². The number of carbonyl (C=O) groups excluding carboxylic acids is 2. The molecule has 1 fully saturated rings. The minimum Gasteiger partial charge on any atom is -0.274 e. The van der Waals surface area contributed by atoms with Crippen LogP contribution in [0, 0.1) is 0 Å². The molecule has 0 saturated carbocycles. The van der Waals surface area contributed by atoms with Gasteiger partial charge in [-0.3, -0.25) is 14.5 Å². The summed E-state index contributed by atoms with van der Waals surface area (Å²) in [6, 6.07) is 9.58. The summed E-state index contributed by atoms with van der Waals surface area (Å²) < 4.78 is 0. The van der Waals surface area contributed by atoms with Crippen LogP contribution in [-0.2, 0) is 9.59 Å². The molecule has 3 heteroatoms. The van der Waals surface area contributed by atoms with Crippen molar-refractivity contribution in [2.45, 2.75) is 12.8 Å². The van der Waals surface area contributed by atoms with Crippen LogP contribution in [0.4, 0.5) is 0 Å². The SMILES string of the molecule is O=C1CCC(=O)N1C=Cc1ccccc1. The summed E-state index contributed by atoms with van der Waals surface area (Å²) >= 11 is 0. The van der Waals surface area contributed by atoms with E-state index >= 15 is 0 Å². The van der Waals surface area contributed by atoms with Crippen LogP contribution in [-0.4, -0.2) is 16.7 Å². The van der Waals surface area contributed by atoms with Gasteiger partial charge < -0.3 is 0 Å². The Morgan fingerprint density at radius 2 is 1.60 bits per heavy atom. The van der Waals surface area contributed by atoms with Crippen molar-refractivity contribution in [3.63, 3.8) is 0 Å². The molecule has 15 heavy (non-hydrogen) atoms. The van der Waals surface area contributed by atoms with Gasteiger partial charge in [-0.2, -0.15) is 0 Å². The Labute approximate surface area is 88.0 Å². The minimum atomic E-state index is -0.118. The summed E-state index contributed by atoms with van der Waals surface area (Å²) in [5.74, 6) is -0.237. The van der Waals surface area contributed by atoms with E-state index in [0.29, 0.717) is 12.8 Å². The summed E-state index contributed by atoms with van der Waals surface area (Å²) in [5.41, 5.74) is 0.977. The first kappa shape index (κ1) is 9.65. The van der Waals surface area contributed by atoms with Crippen LogP contribution in [0.1, 0.15) is 18.4 Å². The molecule has 0 aliphatic carbocycles. The number of amides is 2. The number of likely N-dealkylation sites (tertiary alicyclic amines) is 1. The first-order valence-corrected chi connectivity index (χ1v) is 4.85. The average molecular weight is 201 g/mol. The van der Waals surface area contributed by atoms with Crippen molar-refractivity contribution in [1.82, 2.24) is 4.90 Å². The lowest BCUT2D eigenvalue weighted by Gasteiger charge is -2.05. The van der Waals surface area contributed by atoms with Crippen LogP contribution in [0.3, 0.4) is 0 Å². The summed E-state index contributed by atoms with van der Waals surface area (Å²) in [4.78, 5) is 23.7. The number of carbonyl (C=O) groups is 2. The number of nitrogens with zero attached hydrogens (tertiary/aromatic N) is 1. The predicted octanol–water partition coefficient (Wildman–Crippen LogP) is 1.81. The molecule has 1 aliphatic rings. The monoisotopic (exact) mass is 201 g/mol. The summed E-state index contributed by atoms with van der Waals surface area (Å²) in [5, 5.41) is 0. The molecule has 1 aromatic carbocycles. The van der Waals surface area contributed by atoms with Crippen LogP contribution in [0.15, 0.2) is 36.5 Å². The highest BCUT2D eigenvalue weighted by atomic mass is 16.2. The molecule has 0 aromatic heterocycles. The molecule has 2 rings (SSSR count). The van der Waals surface area contributed by atoms with Crippen molar-refractivity contribution in [2.75, 3.05) is 0 Å². The maximum atomic E-state index is 11.3. The molecular weight excluding hydrogens is 190 g/mol. The molecule has 2 amide bonds. The lowest BCUT2D eigenvalue weighted by Crippen LogP contribution is -2.22. The van der Waals surface area contributed by atoms with E-state index in [9.17, 15) is 9.59 Å². The zero-order chi connectivity index (χ0) is 10.7. The maximum Gasteiger partial charge on any atom is 0.233 e. The Balaban J connectivity index is 2.12. The van der Waals surface area contributed by atoms with Crippen LogP contribution in [0.25, 0.3) is 6.08 Å². The quantitative estimate of drug-likeness (QED) is 0.684. The smallest absolute Gasteiger partial charge is 0.233 e. The molecule has 1 saturated heterocycles. The van der Waals surface area contributed by atoms with Crippen molar-refractivity contribution in [2.24, 2.45) is 0 Å². The highest BCUT2D eigenvalue weighted by Gasteiger charge is 2.26. The van der Waals surface area contributed by atoms with Gasteiger partial charge in [0.2, 0.25) is 11.8 Å². The Morgan fingerprint density at radius 1 is 1.00 bits per heavy atom. The van der Waals surface area contributed by atoms with Crippen LogP contribution >= 0.6 is 0 Å². The standard InChI is InChI=1S/C12H11NO2/c14-11-6-7-12(15)13(11)9-8-10-4-2-1-3-5-10/h1-5,8-9H,6-7H2. The third-order valence-corrected chi connectivity index (χ3v) is 2.31. The summed E-state index contributed by atoms with van der Waals surface area (Å²) in [6.45, 7) is 0. The van der Waals surface area contributed by atoms with Crippen molar-refractivity contribution in [3.8, 4) is 0 Å². The molecule has 1 heterocycles. The lowest BCUT2D eigenvalue weighted by molar-refractivity contribution is -0.135. The topological polar surface area (TPSA) is 37.4 Å². The second kappa shape index (κ2) is 4.09. The average Bonchev–Trinajstić information content (AvgIpc) is 2.58. The lowest BCUT2D eigenvalue weighted by atomic mass is 10.2. The predicted molar refractivity (Wildman–Crippen MR) is 56.6 cm³/mol. The van der Waals surface area contributed by atoms with E-state index in [1.165, 1.54) is 4.90 Å². The van der Waals surface area contributed by atoms with Crippen LogP contribution < -0.4 is 0 Å². The van der Waals surface area contributed by atoms with Gasteiger partial charge >= 0.3 is 0 Å². The zero-order valence-electron chi connectivity index (χ0n) is 8.22. The summed E-state index contributed by atoms with van der Waals surface area (Å²) in [7, 11) is 0. The van der Waals surface area contributed by atoms with Gasteiger partial charge in [0.05, 0.1) is 0 Å². The van der Waals surface area contributed by atoms with Gasteiger partial charge in [-0.25, -0.2) is 0 Å². The fourth-order valence-corrected chi connectivity index (χ4v) is 1.48. The zero-order valence-corrected chi connectivity index (χ0v) is 8.22. The van der Waals surface area contributed by atoms with E-state index in [1.54, 1.807) is 12.3 Å². The molecule has 0 unspecified atom stereocenters. The van der Waals surface area contributed by atoms with Gasteiger partial charge in [0, 0.05) is 19.0 Å². The number of hydrogen-bond acceptors (Lipinski definition) is 2. The van der Waals surface area contributed by atoms with E-state index in [-0.39, 0.29) is 11.8 Å². The Kier molecular flexibility index (Phi) is 2.63. The molecular formula is C12H11NO2. The Morgan fingerprint density at radius 3 is 2.20 bits per heavy atom. The molecule has 76 valence electrons. The van der Waals surface area contributed by atoms with E-state index in [1.807, 2.05) is 30.3 Å². The van der Waals surface area contributed by atoms with Crippen molar-refractivity contribution < 1.29 is 9.59 Å². The van der Waals surface area contributed by atoms with Gasteiger partial charge in [-0.15, -0.1) is 0 Å². The highest BCUT2D eigenvalue weighted by Crippen LogP contribution is 2.13. The minimum absolute atomic E-state index is 0.118. The number of imide groups is 1. The van der Waals surface area contributed by atoms with Gasteiger partial charge in [-0.1, -0.05) is 30.3 Å². The molecule has 0 radical (unpaired) electrons. The van der Waals surface area contributed by atoms with Crippen molar-refractivity contribution >= 4 is 17.9 Å². The molecule has 0 bridgehead atoms. The van der Waals surface area contributed by atoms with Gasteiger partial charge in [0.15, 0.2) is 0 Å². The first-order chi connectivity index (χ1) is 7.27. The molecule has 0 N–H and O–H groups in total. The molecule has 0 spiro atoms. The van der Waals surface area contributed by atoms with E-state index < -0.39 is 0 Å². The summed E-state index contributed by atoms with van der Waals surface area (Å²) in [6.07, 6.45) is 3.98. The number of hydrogen-bond donors (Lipinski definition) is 0. The molecule has 1 aliphatic heterocycles.